The zero-order chi connectivity index (χ0) is 22.5. The Hall–Kier alpha value is -4.28. The van der Waals surface area contributed by atoms with Crippen molar-refractivity contribution >= 4 is 23.8 Å². The lowest BCUT2D eigenvalue weighted by Gasteiger charge is -2.11. The van der Waals surface area contributed by atoms with Gasteiger partial charge in [0.2, 0.25) is 5.76 Å². The zero-order valence-electron chi connectivity index (χ0n) is 16.9. The minimum absolute atomic E-state index is 0.0738. The molecule has 1 amide bonds. The topological polar surface area (TPSA) is 142 Å². The third-order valence-electron chi connectivity index (χ3n) is 4.40. The Morgan fingerprint density at radius 2 is 2.10 bits per heavy atom. The first-order valence-corrected chi connectivity index (χ1v) is 9.16. The molecule has 160 valence electrons. The number of hydrogen-bond donors (Lipinski definition) is 1. The fourth-order valence-electron chi connectivity index (χ4n) is 2.88. The summed E-state index contributed by atoms with van der Waals surface area (Å²) in [6.45, 7) is 4.60. The van der Waals surface area contributed by atoms with Crippen molar-refractivity contribution in [1.82, 2.24) is 15.2 Å². The van der Waals surface area contributed by atoms with Crippen LogP contribution >= 0.6 is 0 Å². The molecular weight excluding hydrogens is 406 g/mol. The molecule has 11 heteroatoms. The molecular formula is C20H19N5O6. The molecule has 0 bridgehead atoms. The van der Waals surface area contributed by atoms with E-state index >= 15 is 0 Å². The highest BCUT2D eigenvalue weighted by atomic mass is 16.6. The van der Waals surface area contributed by atoms with Crippen molar-refractivity contribution < 1.29 is 23.7 Å². The molecule has 0 spiro atoms. The van der Waals surface area contributed by atoms with Gasteiger partial charge in [0.15, 0.2) is 0 Å². The van der Waals surface area contributed by atoms with Crippen LogP contribution in [0.2, 0.25) is 0 Å². The number of nitrogens with one attached hydrogen (secondary N) is 1. The van der Waals surface area contributed by atoms with Gasteiger partial charge >= 0.3 is 11.7 Å². The van der Waals surface area contributed by atoms with Crippen LogP contribution in [0.3, 0.4) is 0 Å². The van der Waals surface area contributed by atoms with E-state index in [4.69, 9.17) is 9.15 Å². The SMILES string of the molecule is Cc1nn(C(C)C(=O)NN=Cc2cccc(OC(=O)c3ccco3)c2)c(C)c1[N+](=O)[O-]. The van der Waals surface area contributed by atoms with Gasteiger partial charge in [-0.2, -0.15) is 10.2 Å². The van der Waals surface area contributed by atoms with E-state index in [-0.39, 0.29) is 28.6 Å². The maximum atomic E-state index is 12.4. The Kier molecular flexibility index (Phi) is 6.24. The number of nitro groups is 1. The fraction of sp³-hybridized carbons (Fsp3) is 0.200. The number of esters is 1. The summed E-state index contributed by atoms with van der Waals surface area (Å²) in [6.07, 6.45) is 2.74. The second-order valence-electron chi connectivity index (χ2n) is 6.57. The second-order valence-corrected chi connectivity index (χ2v) is 6.57. The Morgan fingerprint density at radius 3 is 2.74 bits per heavy atom. The van der Waals surface area contributed by atoms with Crippen molar-refractivity contribution in [3.8, 4) is 5.75 Å². The quantitative estimate of drug-likeness (QED) is 0.202. The van der Waals surface area contributed by atoms with Crippen LogP contribution in [0.5, 0.6) is 5.75 Å². The van der Waals surface area contributed by atoms with Crippen molar-refractivity contribution in [2.45, 2.75) is 26.8 Å². The number of ether oxygens (including phenoxy) is 1. The molecule has 0 radical (unpaired) electrons. The molecule has 0 saturated carbocycles. The number of carbonyl (C=O) groups is 2. The lowest BCUT2D eigenvalue weighted by atomic mass is 10.2. The van der Waals surface area contributed by atoms with Crippen LogP contribution in [-0.4, -0.2) is 32.8 Å². The van der Waals surface area contributed by atoms with Crippen molar-refractivity contribution in [3.63, 3.8) is 0 Å². The highest BCUT2D eigenvalue weighted by molar-refractivity contribution is 5.88. The molecule has 3 rings (SSSR count). The molecule has 2 aromatic heterocycles. The van der Waals surface area contributed by atoms with E-state index in [0.717, 1.165) is 0 Å². The molecule has 0 fully saturated rings. The number of furan rings is 1. The van der Waals surface area contributed by atoms with Gasteiger partial charge in [0.05, 0.1) is 17.4 Å². The minimum Gasteiger partial charge on any atom is -0.457 e. The number of nitrogens with zero attached hydrogens (tertiary/aromatic N) is 4. The summed E-state index contributed by atoms with van der Waals surface area (Å²) in [7, 11) is 0. The van der Waals surface area contributed by atoms with Gasteiger partial charge in [0.1, 0.15) is 23.2 Å². The van der Waals surface area contributed by atoms with E-state index in [1.54, 1.807) is 37.3 Å². The maximum Gasteiger partial charge on any atom is 0.379 e. The second kappa shape index (κ2) is 9.03. The average molecular weight is 425 g/mol. The molecule has 3 aromatic rings. The summed E-state index contributed by atoms with van der Waals surface area (Å²) in [6, 6.07) is 8.76. The normalized spacial score (nSPS) is 12.0. The van der Waals surface area contributed by atoms with Crippen molar-refractivity contribution in [3.05, 3.63) is 75.5 Å². The molecule has 0 aliphatic heterocycles. The molecule has 11 nitrogen and oxygen atoms in total. The first kappa shape index (κ1) is 21.4. The number of amides is 1. The van der Waals surface area contributed by atoms with Gasteiger partial charge < -0.3 is 9.15 Å². The van der Waals surface area contributed by atoms with E-state index in [0.29, 0.717) is 5.56 Å². The van der Waals surface area contributed by atoms with Crippen LogP contribution in [0.15, 0.2) is 52.2 Å². The summed E-state index contributed by atoms with van der Waals surface area (Å²) in [5, 5.41) is 19.1. The fourth-order valence-corrected chi connectivity index (χ4v) is 2.88. The molecule has 1 N–H and O–H groups in total. The maximum absolute atomic E-state index is 12.4. The molecule has 2 heterocycles. The predicted molar refractivity (Wildman–Crippen MR) is 109 cm³/mol. The Balaban J connectivity index is 1.64. The van der Waals surface area contributed by atoms with E-state index < -0.39 is 22.8 Å². The largest absolute Gasteiger partial charge is 0.457 e. The lowest BCUT2D eigenvalue weighted by Crippen LogP contribution is -2.28. The average Bonchev–Trinajstić information content (AvgIpc) is 3.35. The lowest BCUT2D eigenvalue weighted by molar-refractivity contribution is -0.386. The van der Waals surface area contributed by atoms with Gasteiger partial charge in [0.25, 0.3) is 5.91 Å². The summed E-state index contributed by atoms with van der Waals surface area (Å²) in [5.74, 6) is -0.790. The molecule has 1 unspecified atom stereocenters. The number of rotatable bonds is 7. The summed E-state index contributed by atoms with van der Waals surface area (Å²) in [5.41, 5.74) is 3.33. The number of hydrogen-bond acceptors (Lipinski definition) is 8. The standard InChI is InChI=1S/C20H19N5O6/c1-12-18(25(28)29)13(2)24(23-12)14(3)19(26)22-21-11-15-6-4-7-16(10-15)31-20(27)17-8-5-9-30-17/h4-11,14H,1-3H3,(H,22,26). The van der Waals surface area contributed by atoms with Gasteiger partial charge in [-0.3, -0.25) is 19.6 Å². The number of hydrazone groups is 1. The molecule has 1 atom stereocenters. The molecule has 31 heavy (non-hydrogen) atoms. The van der Waals surface area contributed by atoms with E-state index in [2.05, 4.69) is 15.6 Å². The highest BCUT2D eigenvalue weighted by Gasteiger charge is 2.26. The van der Waals surface area contributed by atoms with Crippen molar-refractivity contribution in [2.75, 3.05) is 0 Å². The van der Waals surface area contributed by atoms with Crippen LogP contribution in [0, 0.1) is 24.0 Å². The first-order valence-electron chi connectivity index (χ1n) is 9.16. The van der Waals surface area contributed by atoms with Crippen LogP contribution < -0.4 is 10.2 Å². The summed E-state index contributed by atoms with van der Waals surface area (Å²) in [4.78, 5) is 34.9. The van der Waals surface area contributed by atoms with Crippen molar-refractivity contribution in [2.24, 2.45) is 5.10 Å². The number of aryl methyl sites for hydroxylation is 1. The molecule has 0 aliphatic rings. The summed E-state index contributed by atoms with van der Waals surface area (Å²) < 4.78 is 11.5. The van der Waals surface area contributed by atoms with Gasteiger partial charge in [-0.15, -0.1) is 0 Å². The summed E-state index contributed by atoms with van der Waals surface area (Å²) >= 11 is 0. The number of aromatic nitrogens is 2. The van der Waals surface area contributed by atoms with E-state index in [9.17, 15) is 19.7 Å². The van der Waals surface area contributed by atoms with E-state index in [1.807, 2.05) is 0 Å². The van der Waals surface area contributed by atoms with Crippen LogP contribution in [0.1, 0.15) is 40.5 Å². The molecule has 0 aliphatic carbocycles. The van der Waals surface area contributed by atoms with Gasteiger partial charge in [-0.25, -0.2) is 10.2 Å². The predicted octanol–water partition coefficient (Wildman–Crippen LogP) is 2.93. The van der Waals surface area contributed by atoms with Gasteiger partial charge in [-0.1, -0.05) is 12.1 Å². The van der Waals surface area contributed by atoms with Crippen LogP contribution in [-0.2, 0) is 4.79 Å². The first-order chi connectivity index (χ1) is 14.8. The van der Waals surface area contributed by atoms with Gasteiger partial charge in [-0.05, 0) is 50.6 Å². The molecule has 1 aromatic carbocycles. The molecule has 0 saturated heterocycles. The van der Waals surface area contributed by atoms with Crippen LogP contribution in [0.25, 0.3) is 0 Å². The van der Waals surface area contributed by atoms with E-state index in [1.165, 1.54) is 37.1 Å². The highest BCUT2D eigenvalue weighted by Crippen LogP contribution is 2.24. The minimum atomic E-state index is -0.815. The monoisotopic (exact) mass is 425 g/mol. The Morgan fingerprint density at radius 1 is 1.32 bits per heavy atom. The number of benzene rings is 1. The third kappa shape index (κ3) is 4.83. The third-order valence-corrected chi connectivity index (χ3v) is 4.40. The van der Waals surface area contributed by atoms with Crippen LogP contribution in [0.4, 0.5) is 5.69 Å². The van der Waals surface area contributed by atoms with Gasteiger partial charge in [0, 0.05) is 0 Å². The zero-order valence-corrected chi connectivity index (χ0v) is 16.9. The Bertz CT molecular complexity index is 1150. The van der Waals surface area contributed by atoms with Crippen molar-refractivity contribution in [1.29, 1.82) is 0 Å². The number of carbonyl (C=O) groups excluding carboxylic acids is 2. The smallest absolute Gasteiger partial charge is 0.379 e. The Labute approximate surface area is 176 Å².